The van der Waals surface area contributed by atoms with Gasteiger partial charge in [0.1, 0.15) is 0 Å². The second-order valence-corrected chi connectivity index (χ2v) is 5.75. The highest BCUT2D eigenvalue weighted by Crippen LogP contribution is 2.06. The number of rotatable bonds is 8. The second kappa shape index (κ2) is 9.91. The number of carbonyl (C=O) groups excluding carboxylic acids is 3. The maximum atomic E-state index is 11.9. The molecule has 1 unspecified atom stereocenters. The Labute approximate surface area is 134 Å². The van der Waals surface area contributed by atoms with Crippen LogP contribution in [0.25, 0.3) is 0 Å². The number of urea groups is 1. The molecule has 0 bridgehead atoms. The third-order valence-corrected chi connectivity index (χ3v) is 3.83. The van der Waals surface area contributed by atoms with Gasteiger partial charge in [0.2, 0.25) is 0 Å². The van der Waals surface area contributed by atoms with E-state index in [2.05, 4.69) is 16.0 Å². The van der Waals surface area contributed by atoms with Crippen molar-refractivity contribution in [2.45, 2.75) is 20.4 Å². The normalized spacial score (nSPS) is 11.5. The number of thiophene rings is 1. The maximum absolute atomic E-state index is 11.9. The van der Waals surface area contributed by atoms with E-state index in [0.717, 1.165) is 9.78 Å². The Morgan fingerprint density at radius 1 is 1.14 bits per heavy atom. The van der Waals surface area contributed by atoms with Crippen LogP contribution in [0.2, 0.25) is 0 Å². The maximum Gasteiger partial charge on any atom is 0.321 e. The van der Waals surface area contributed by atoms with Crippen LogP contribution in [-0.4, -0.2) is 44.0 Å². The number of amides is 4. The van der Waals surface area contributed by atoms with Crippen LogP contribution >= 0.6 is 11.3 Å². The van der Waals surface area contributed by atoms with Gasteiger partial charge < -0.3 is 15.5 Å². The molecule has 4 amide bonds. The van der Waals surface area contributed by atoms with Crippen molar-refractivity contribution in [2.24, 2.45) is 0 Å². The molecule has 1 aromatic heterocycles. The summed E-state index contributed by atoms with van der Waals surface area (Å²) < 4.78 is 0. The summed E-state index contributed by atoms with van der Waals surface area (Å²) in [6, 6.07) is 3.38. The summed E-state index contributed by atoms with van der Waals surface area (Å²) in [6.45, 7) is 5.51. The van der Waals surface area contributed by atoms with Crippen molar-refractivity contribution in [1.29, 1.82) is 0 Å². The number of quaternary nitrogens is 1. The minimum atomic E-state index is -0.509. The van der Waals surface area contributed by atoms with Crippen molar-refractivity contribution in [3.63, 3.8) is 0 Å². The molecule has 0 fully saturated rings. The van der Waals surface area contributed by atoms with E-state index in [0.29, 0.717) is 19.6 Å². The van der Waals surface area contributed by atoms with E-state index in [1.54, 1.807) is 18.3 Å². The average molecular weight is 327 g/mol. The van der Waals surface area contributed by atoms with Crippen molar-refractivity contribution in [2.75, 3.05) is 26.2 Å². The van der Waals surface area contributed by atoms with Gasteiger partial charge in [-0.1, -0.05) is 6.07 Å². The lowest BCUT2D eigenvalue weighted by Crippen LogP contribution is -3.14. The Kier molecular flexibility index (Phi) is 8.16. The molecule has 7 nitrogen and oxygen atoms in total. The number of nitrogens with one attached hydrogen (secondary N) is 4. The molecule has 1 atom stereocenters. The monoisotopic (exact) mass is 327 g/mol. The first-order valence-corrected chi connectivity index (χ1v) is 8.13. The lowest BCUT2D eigenvalue weighted by molar-refractivity contribution is -0.881. The van der Waals surface area contributed by atoms with Gasteiger partial charge in [-0.05, 0) is 25.3 Å². The molecular weight excluding hydrogens is 304 g/mol. The molecule has 0 aliphatic rings. The zero-order valence-electron chi connectivity index (χ0n) is 12.9. The molecule has 0 aliphatic heterocycles. The highest BCUT2D eigenvalue weighted by Gasteiger charge is 2.17. The fourth-order valence-corrected chi connectivity index (χ4v) is 2.45. The smallest absolute Gasteiger partial charge is 0.321 e. The first-order chi connectivity index (χ1) is 10.5. The minimum absolute atomic E-state index is 0.0834. The Hall–Kier alpha value is -1.93. The molecule has 22 heavy (non-hydrogen) atoms. The van der Waals surface area contributed by atoms with E-state index in [1.807, 2.05) is 24.4 Å². The minimum Gasteiger partial charge on any atom is -0.346 e. The summed E-state index contributed by atoms with van der Waals surface area (Å²) in [5, 5.41) is 9.50. The summed E-state index contributed by atoms with van der Waals surface area (Å²) in [7, 11) is 0. The van der Waals surface area contributed by atoms with Gasteiger partial charge in [0.15, 0.2) is 13.1 Å². The van der Waals surface area contributed by atoms with Crippen LogP contribution in [0.3, 0.4) is 0 Å². The fraction of sp³-hybridized carbons (Fsp3) is 0.500. The Morgan fingerprint density at radius 3 is 2.45 bits per heavy atom. The topological polar surface area (TPSA) is 91.7 Å². The van der Waals surface area contributed by atoms with Crippen LogP contribution < -0.4 is 20.9 Å². The van der Waals surface area contributed by atoms with Gasteiger partial charge in [0, 0.05) is 11.4 Å². The first kappa shape index (κ1) is 18.1. The predicted molar refractivity (Wildman–Crippen MR) is 84.6 cm³/mol. The molecule has 0 aliphatic carbocycles. The van der Waals surface area contributed by atoms with Crippen molar-refractivity contribution >= 4 is 29.2 Å². The summed E-state index contributed by atoms with van der Waals surface area (Å²) in [5.41, 5.74) is 0. The lowest BCUT2D eigenvalue weighted by Gasteiger charge is -2.16. The quantitative estimate of drug-likeness (QED) is 0.499. The molecule has 4 N–H and O–H groups in total. The van der Waals surface area contributed by atoms with E-state index in [1.165, 1.54) is 0 Å². The third-order valence-electron chi connectivity index (χ3n) is 2.95. The van der Waals surface area contributed by atoms with E-state index < -0.39 is 11.9 Å². The van der Waals surface area contributed by atoms with E-state index in [9.17, 15) is 14.4 Å². The Bertz CT molecular complexity index is 490. The zero-order valence-corrected chi connectivity index (χ0v) is 13.7. The lowest BCUT2D eigenvalue weighted by atomic mass is 10.4. The van der Waals surface area contributed by atoms with Gasteiger partial charge in [0.25, 0.3) is 11.8 Å². The molecular formula is C14H23N4O3S+. The molecule has 0 spiro atoms. The van der Waals surface area contributed by atoms with Crippen molar-refractivity contribution in [3.05, 3.63) is 22.4 Å². The van der Waals surface area contributed by atoms with Gasteiger partial charge in [-0.3, -0.25) is 14.9 Å². The molecule has 122 valence electrons. The largest absolute Gasteiger partial charge is 0.346 e. The Balaban J connectivity index is 2.32. The molecule has 8 heteroatoms. The van der Waals surface area contributed by atoms with Crippen LogP contribution in [0.4, 0.5) is 4.79 Å². The van der Waals surface area contributed by atoms with E-state index in [4.69, 9.17) is 0 Å². The summed E-state index contributed by atoms with van der Waals surface area (Å²) in [5.74, 6) is -0.509. The summed E-state index contributed by atoms with van der Waals surface area (Å²) in [6.07, 6.45) is 0. The molecule has 1 rings (SSSR count). The van der Waals surface area contributed by atoms with Crippen molar-refractivity contribution in [1.82, 2.24) is 16.0 Å². The van der Waals surface area contributed by atoms with Gasteiger partial charge in [-0.2, -0.15) is 0 Å². The average Bonchev–Trinajstić information content (AvgIpc) is 2.97. The highest BCUT2D eigenvalue weighted by molar-refractivity contribution is 7.09. The van der Waals surface area contributed by atoms with Crippen LogP contribution in [0.15, 0.2) is 17.5 Å². The van der Waals surface area contributed by atoms with Gasteiger partial charge in [-0.15, -0.1) is 11.3 Å². The van der Waals surface area contributed by atoms with Gasteiger partial charge in [-0.25, -0.2) is 4.79 Å². The molecule has 0 saturated heterocycles. The van der Waals surface area contributed by atoms with Gasteiger partial charge in [0.05, 0.1) is 13.1 Å². The fourth-order valence-electron chi connectivity index (χ4n) is 1.80. The number of carbonyl (C=O) groups is 3. The first-order valence-electron chi connectivity index (χ1n) is 7.25. The Morgan fingerprint density at radius 2 is 1.86 bits per heavy atom. The molecule has 1 aromatic rings. The molecule has 0 aromatic carbocycles. The second-order valence-electron chi connectivity index (χ2n) is 4.72. The molecule has 1 heterocycles. The van der Waals surface area contributed by atoms with Crippen LogP contribution in [0.5, 0.6) is 0 Å². The van der Waals surface area contributed by atoms with Crippen LogP contribution in [-0.2, 0) is 16.1 Å². The van der Waals surface area contributed by atoms with Crippen LogP contribution in [0, 0.1) is 0 Å². The number of hydrogen-bond acceptors (Lipinski definition) is 4. The van der Waals surface area contributed by atoms with E-state index >= 15 is 0 Å². The molecule has 0 radical (unpaired) electrons. The zero-order chi connectivity index (χ0) is 16.4. The number of likely N-dealkylation sites (N-methyl/N-ethyl adjacent to an activating group) is 1. The van der Waals surface area contributed by atoms with Gasteiger partial charge >= 0.3 is 6.03 Å². The summed E-state index contributed by atoms with van der Waals surface area (Å²) in [4.78, 5) is 36.7. The highest BCUT2D eigenvalue weighted by atomic mass is 32.1. The standard InChI is InChI=1S/C14H22N4O3S/c1-3-15-14(21)17-13(20)10-18(4-2)9-12(19)16-8-11-6-5-7-22-11/h5-7H,3-4,8-10H2,1-2H3,(H,16,19)(H2,15,17,20,21)/p+1. The van der Waals surface area contributed by atoms with Crippen LogP contribution in [0.1, 0.15) is 18.7 Å². The number of hydrogen-bond donors (Lipinski definition) is 4. The molecule has 0 saturated carbocycles. The van der Waals surface area contributed by atoms with E-state index in [-0.39, 0.29) is 19.0 Å². The number of imide groups is 1. The SMILES string of the molecule is CCNC(=O)NC(=O)C[NH+](CC)CC(=O)NCc1cccs1. The predicted octanol–water partition coefficient (Wildman–Crippen LogP) is -0.885. The third kappa shape index (κ3) is 7.19. The van der Waals surface area contributed by atoms with Crippen molar-refractivity contribution < 1.29 is 19.3 Å². The summed E-state index contributed by atoms with van der Waals surface area (Å²) >= 11 is 1.58. The van der Waals surface area contributed by atoms with Crippen molar-refractivity contribution in [3.8, 4) is 0 Å².